The van der Waals surface area contributed by atoms with Crippen LogP contribution in [0.2, 0.25) is 5.02 Å². The highest BCUT2D eigenvalue weighted by molar-refractivity contribution is 6.31. The van der Waals surface area contributed by atoms with Gasteiger partial charge < -0.3 is 20.1 Å². The maximum atomic E-state index is 12.7. The quantitative estimate of drug-likeness (QED) is 0.783. The van der Waals surface area contributed by atoms with Crippen molar-refractivity contribution in [1.82, 2.24) is 14.9 Å². The van der Waals surface area contributed by atoms with Crippen LogP contribution in [-0.4, -0.2) is 58.6 Å². The lowest BCUT2D eigenvalue weighted by Gasteiger charge is -2.41. The Labute approximate surface area is 167 Å². The van der Waals surface area contributed by atoms with Gasteiger partial charge in [0.1, 0.15) is 30.0 Å². The van der Waals surface area contributed by atoms with Gasteiger partial charge in [-0.05, 0) is 36.8 Å². The van der Waals surface area contributed by atoms with Crippen molar-refractivity contribution in [2.45, 2.75) is 18.9 Å². The van der Waals surface area contributed by atoms with Crippen molar-refractivity contribution in [1.29, 1.82) is 0 Å². The highest BCUT2D eigenvalue weighted by atomic mass is 35.5. The Bertz CT molecular complexity index is 864. The lowest BCUT2D eigenvalue weighted by molar-refractivity contribution is -0.142. The van der Waals surface area contributed by atoms with Gasteiger partial charge in [0.15, 0.2) is 0 Å². The number of aryl methyl sites for hydroxylation is 1. The standard InChI is InChI=1S/C19H21ClN4O4/c1-13-8-14(2-3-15(13)20)27-11-19(9-17(21)25)10-24(6-7-28-19)18(26)16-4-5-22-12-23-16/h2-5,8,12H,6-7,9-11H2,1H3,(H2,21,25)/t19-/m0/s1. The van der Waals surface area contributed by atoms with Crippen molar-refractivity contribution in [2.24, 2.45) is 5.73 Å². The summed E-state index contributed by atoms with van der Waals surface area (Å²) in [5.41, 5.74) is 5.54. The topological polar surface area (TPSA) is 108 Å². The largest absolute Gasteiger partial charge is 0.490 e. The van der Waals surface area contributed by atoms with E-state index in [4.69, 9.17) is 26.8 Å². The van der Waals surface area contributed by atoms with Crippen LogP contribution in [0.4, 0.5) is 0 Å². The predicted molar refractivity (Wildman–Crippen MR) is 102 cm³/mol. The highest BCUT2D eigenvalue weighted by Crippen LogP contribution is 2.26. The molecule has 0 unspecified atom stereocenters. The summed E-state index contributed by atoms with van der Waals surface area (Å²) in [6.45, 7) is 2.72. The van der Waals surface area contributed by atoms with Gasteiger partial charge >= 0.3 is 0 Å². The van der Waals surface area contributed by atoms with E-state index in [0.717, 1.165) is 5.56 Å². The summed E-state index contributed by atoms with van der Waals surface area (Å²) >= 11 is 6.04. The molecule has 1 aliphatic rings. The molecule has 1 saturated heterocycles. The third kappa shape index (κ3) is 4.76. The van der Waals surface area contributed by atoms with Gasteiger partial charge in [-0.2, -0.15) is 0 Å². The third-order valence-corrected chi connectivity index (χ3v) is 4.89. The van der Waals surface area contributed by atoms with Crippen LogP contribution in [0.3, 0.4) is 0 Å². The number of hydrogen-bond acceptors (Lipinski definition) is 6. The number of nitrogens with zero attached hydrogens (tertiary/aromatic N) is 3. The molecule has 2 heterocycles. The van der Waals surface area contributed by atoms with Crippen LogP contribution >= 0.6 is 11.6 Å². The number of halogens is 1. The van der Waals surface area contributed by atoms with Gasteiger partial charge in [0.05, 0.1) is 19.6 Å². The number of primary amides is 1. The number of morpholine rings is 1. The number of amides is 2. The molecule has 1 fully saturated rings. The molecule has 2 aromatic rings. The Hall–Kier alpha value is -2.71. The molecule has 28 heavy (non-hydrogen) atoms. The van der Waals surface area contributed by atoms with Crippen molar-refractivity contribution in [3.05, 3.63) is 53.1 Å². The normalized spacial score (nSPS) is 19.3. The molecule has 1 atom stereocenters. The van der Waals surface area contributed by atoms with Crippen molar-refractivity contribution in [3.8, 4) is 5.75 Å². The van der Waals surface area contributed by atoms with E-state index in [-0.39, 0.29) is 37.8 Å². The molecule has 0 radical (unpaired) electrons. The second kappa shape index (κ2) is 8.53. The van der Waals surface area contributed by atoms with E-state index in [1.165, 1.54) is 12.5 Å². The first-order chi connectivity index (χ1) is 13.4. The number of rotatable bonds is 6. The van der Waals surface area contributed by atoms with E-state index in [1.807, 2.05) is 6.92 Å². The van der Waals surface area contributed by atoms with Crippen molar-refractivity contribution in [2.75, 3.05) is 26.3 Å². The van der Waals surface area contributed by atoms with E-state index >= 15 is 0 Å². The monoisotopic (exact) mass is 404 g/mol. The Balaban J connectivity index is 1.76. The molecule has 2 N–H and O–H groups in total. The Morgan fingerprint density at radius 2 is 2.21 bits per heavy atom. The maximum Gasteiger partial charge on any atom is 0.272 e. The number of ether oxygens (including phenoxy) is 2. The fourth-order valence-corrected chi connectivity index (χ4v) is 3.20. The first-order valence-electron chi connectivity index (χ1n) is 8.75. The first kappa shape index (κ1) is 20.0. The lowest BCUT2D eigenvalue weighted by atomic mass is 9.97. The fraction of sp³-hybridized carbons (Fsp3) is 0.368. The SMILES string of the molecule is Cc1cc(OC[C@]2(CC(N)=O)CN(C(=O)c3ccncn3)CCO2)ccc1Cl. The summed E-state index contributed by atoms with van der Waals surface area (Å²) in [5, 5.41) is 0.634. The van der Waals surface area contributed by atoms with E-state index in [9.17, 15) is 9.59 Å². The third-order valence-electron chi connectivity index (χ3n) is 4.46. The van der Waals surface area contributed by atoms with Gasteiger partial charge in [-0.15, -0.1) is 0 Å². The van der Waals surface area contributed by atoms with Crippen LogP contribution in [0.15, 0.2) is 36.8 Å². The number of benzene rings is 1. The molecule has 0 spiro atoms. The summed E-state index contributed by atoms with van der Waals surface area (Å²) < 4.78 is 11.8. The molecule has 0 saturated carbocycles. The minimum absolute atomic E-state index is 0.0601. The number of carbonyl (C=O) groups is 2. The zero-order chi connectivity index (χ0) is 20.1. The average molecular weight is 405 g/mol. The predicted octanol–water partition coefficient (Wildman–Crippen LogP) is 1.60. The lowest BCUT2D eigenvalue weighted by Crippen LogP contribution is -2.58. The van der Waals surface area contributed by atoms with Gasteiger partial charge in [-0.3, -0.25) is 9.59 Å². The van der Waals surface area contributed by atoms with Gasteiger partial charge in [0.2, 0.25) is 5.91 Å². The number of carbonyl (C=O) groups excluding carboxylic acids is 2. The molecule has 1 aliphatic heterocycles. The number of aromatic nitrogens is 2. The summed E-state index contributed by atoms with van der Waals surface area (Å²) in [6, 6.07) is 6.81. The van der Waals surface area contributed by atoms with E-state index in [1.54, 1.807) is 29.2 Å². The zero-order valence-corrected chi connectivity index (χ0v) is 16.2. The number of nitrogens with two attached hydrogens (primary N) is 1. The van der Waals surface area contributed by atoms with E-state index in [2.05, 4.69) is 9.97 Å². The fourth-order valence-electron chi connectivity index (χ4n) is 3.08. The molecular weight excluding hydrogens is 384 g/mol. The Morgan fingerprint density at radius 3 is 2.89 bits per heavy atom. The van der Waals surface area contributed by atoms with Crippen molar-refractivity contribution >= 4 is 23.4 Å². The van der Waals surface area contributed by atoms with E-state index < -0.39 is 11.5 Å². The van der Waals surface area contributed by atoms with Gasteiger partial charge in [0, 0.05) is 17.8 Å². The molecule has 8 nitrogen and oxygen atoms in total. The second-order valence-electron chi connectivity index (χ2n) is 6.70. The van der Waals surface area contributed by atoms with Crippen LogP contribution in [0, 0.1) is 6.92 Å². The first-order valence-corrected chi connectivity index (χ1v) is 9.13. The Kier molecular flexibility index (Phi) is 6.11. The summed E-state index contributed by atoms with van der Waals surface area (Å²) in [6.07, 6.45) is 2.74. The summed E-state index contributed by atoms with van der Waals surface area (Å²) in [4.78, 5) is 33.8. The summed E-state index contributed by atoms with van der Waals surface area (Å²) in [7, 11) is 0. The molecule has 1 aromatic heterocycles. The molecule has 148 valence electrons. The number of hydrogen-bond donors (Lipinski definition) is 1. The highest BCUT2D eigenvalue weighted by Gasteiger charge is 2.41. The van der Waals surface area contributed by atoms with Gasteiger partial charge in [-0.25, -0.2) is 9.97 Å². The molecule has 9 heteroatoms. The molecular formula is C19H21ClN4O4. The van der Waals surface area contributed by atoms with Crippen molar-refractivity contribution < 1.29 is 19.1 Å². The smallest absolute Gasteiger partial charge is 0.272 e. The van der Waals surface area contributed by atoms with Crippen LogP contribution in [0.5, 0.6) is 5.75 Å². The molecule has 0 aliphatic carbocycles. The van der Waals surface area contributed by atoms with Crippen LogP contribution in [0.1, 0.15) is 22.5 Å². The maximum absolute atomic E-state index is 12.7. The zero-order valence-electron chi connectivity index (χ0n) is 15.4. The van der Waals surface area contributed by atoms with Crippen molar-refractivity contribution in [3.63, 3.8) is 0 Å². The van der Waals surface area contributed by atoms with Gasteiger partial charge in [-0.1, -0.05) is 11.6 Å². The average Bonchev–Trinajstić information content (AvgIpc) is 2.69. The van der Waals surface area contributed by atoms with Gasteiger partial charge in [0.25, 0.3) is 5.91 Å². The minimum atomic E-state index is -1.04. The Morgan fingerprint density at radius 1 is 1.39 bits per heavy atom. The molecule has 0 bridgehead atoms. The summed E-state index contributed by atoms with van der Waals surface area (Å²) in [5.74, 6) is -0.206. The molecule has 2 amide bonds. The van der Waals surface area contributed by atoms with Crippen LogP contribution in [-0.2, 0) is 9.53 Å². The molecule has 3 rings (SSSR count). The second-order valence-corrected chi connectivity index (χ2v) is 7.10. The van der Waals surface area contributed by atoms with Crippen LogP contribution in [0.25, 0.3) is 0 Å². The van der Waals surface area contributed by atoms with Crippen LogP contribution < -0.4 is 10.5 Å². The van der Waals surface area contributed by atoms with E-state index in [0.29, 0.717) is 17.3 Å². The molecule has 1 aromatic carbocycles. The minimum Gasteiger partial charge on any atom is -0.490 e.